The highest BCUT2D eigenvalue weighted by atomic mass is 19.4. The summed E-state index contributed by atoms with van der Waals surface area (Å²) in [6.07, 6.45) is -2.90. The van der Waals surface area contributed by atoms with Crippen LogP contribution in [0.5, 0.6) is 5.75 Å². The maximum Gasteiger partial charge on any atom is 0.418 e. The van der Waals surface area contributed by atoms with Gasteiger partial charge in [0.2, 0.25) is 0 Å². The molecule has 2 aliphatic rings. The Morgan fingerprint density at radius 1 is 1.13 bits per heavy atom. The lowest BCUT2D eigenvalue weighted by molar-refractivity contribution is -0.206. The van der Waals surface area contributed by atoms with Crippen molar-refractivity contribution in [2.75, 3.05) is 24.6 Å². The summed E-state index contributed by atoms with van der Waals surface area (Å²) in [6, 6.07) is 13.4. The molecule has 2 aromatic carbocycles. The van der Waals surface area contributed by atoms with Crippen molar-refractivity contribution in [3.63, 3.8) is 0 Å². The second-order valence-corrected chi connectivity index (χ2v) is 9.99. The summed E-state index contributed by atoms with van der Waals surface area (Å²) in [4.78, 5) is 11.1. The first-order chi connectivity index (χ1) is 18.7. The average Bonchev–Trinajstić information content (AvgIpc) is 3.21. The first-order valence-corrected chi connectivity index (χ1v) is 12.7. The Kier molecular flexibility index (Phi) is 7.49. The number of hydrogen-bond donors (Lipinski definition) is 3. The Hall–Kier alpha value is -3.65. The number of nitrogens with two attached hydrogens (primary N) is 1. The molecule has 1 fully saturated rings. The number of benzene rings is 2. The van der Waals surface area contributed by atoms with E-state index in [2.05, 4.69) is 44.9 Å². The van der Waals surface area contributed by atoms with Crippen molar-refractivity contribution in [3.05, 3.63) is 82.8 Å². The first kappa shape index (κ1) is 26.9. The quantitative estimate of drug-likeness (QED) is 0.424. The van der Waals surface area contributed by atoms with Gasteiger partial charge >= 0.3 is 6.18 Å². The van der Waals surface area contributed by atoms with Gasteiger partial charge in [-0.15, -0.1) is 0 Å². The van der Waals surface area contributed by atoms with Crippen LogP contribution in [0.15, 0.2) is 54.7 Å². The number of aromatic nitrogens is 2. The van der Waals surface area contributed by atoms with Crippen LogP contribution in [-0.4, -0.2) is 46.1 Å². The van der Waals surface area contributed by atoms with E-state index in [9.17, 15) is 23.4 Å². The molecule has 2 atom stereocenters. The van der Waals surface area contributed by atoms with Crippen LogP contribution in [0, 0.1) is 17.3 Å². The monoisotopic (exact) mass is 538 g/mol. The lowest BCUT2D eigenvalue weighted by Gasteiger charge is -2.42. The Bertz CT molecular complexity index is 1380. The zero-order chi connectivity index (χ0) is 27.6. The molecule has 39 heavy (non-hydrogen) atoms. The molecule has 2 heterocycles. The van der Waals surface area contributed by atoms with Crippen molar-refractivity contribution in [2.45, 2.75) is 44.2 Å². The largest absolute Gasteiger partial charge is 0.481 e. The molecule has 1 aliphatic heterocycles. The van der Waals surface area contributed by atoms with Gasteiger partial charge in [0, 0.05) is 19.1 Å². The van der Waals surface area contributed by atoms with E-state index in [1.807, 2.05) is 6.07 Å². The molecule has 1 saturated heterocycles. The molecule has 1 aliphatic carbocycles. The molecule has 1 spiro atoms. The van der Waals surface area contributed by atoms with Crippen molar-refractivity contribution < 1.29 is 28.1 Å². The molecule has 0 bridgehead atoms. The molecule has 204 valence electrons. The van der Waals surface area contributed by atoms with E-state index in [-0.39, 0.29) is 30.2 Å². The predicted octanol–water partition coefficient (Wildman–Crippen LogP) is 3.84. The number of piperidine rings is 1. The van der Waals surface area contributed by atoms with Crippen LogP contribution in [0.3, 0.4) is 0 Å². The van der Waals surface area contributed by atoms with Gasteiger partial charge in [0.05, 0.1) is 12.8 Å². The number of anilines is 1. The van der Waals surface area contributed by atoms with Crippen molar-refractivity contribution in [1.29, 1.82) is 0 Å². The standard InChI is InChI=1S/C29H29F3N4O3/c30-29(31,32)26(38)19-7-9-22(10-8-19)39-15-3-5-21-17-34-27(24(18-37)35-21)36-13-11-28(12-14-36)16-20-4-1-2-6-23(20)25(28)33/h1-2,4,6-10,17,25-26,37-38H,11-16,18,33H2/t25-,26?/m1/s1. The fourth-order valence-corrected chi connectivity index (χ4v) is 5.50. The topological polar surface area (TPSA) is 105 Å². The zero-order valence-corrected chi connectivity index (χ0v) is 21.2. The number of ether oxygens (including phenoxy) is 1. The third-order valence-corrected chi connectivity index (χ3v) is 7.66. The van der Waals surface area contributed by atoms with Crippen LogP contribution in [0.25, 0.3) is 0 Å². The second kappa shape index (κ2) is 10.8. The van der Waals surface area contributed by atoms with Crippen molar-refractivity contribution in [1.82, 2.24) is 9.97 Å². The molecule has 0 radical (unpaired) electrons. The van der Waals surface area contributed by atoms with Crippen LogP contribution < -0.4 is 15.4 Å². The zero-order valence-electron chi connectivity index (χ0n) is 21.2. The fourth-order valence-electron chi connectivity index (χ4n) is 5.50. The number of nitrogens with zero attached hydrogens (tertiary/aromatic N) is 3. The summed E-state index contributed by atoms with van der Waals surface area (Å²) in [5.41, 5.74) is 9.84. The number of fused-ring (bicyclic) bond motifs is 1. The lowest BCUT2D eigenvalue weighted by Crippen LogP contribution is -2.45. The van der Waals surface area contributed by atoms with Gasteiger partial charge in [0.25, 0.3) is 0 Å². The molecule has 4 N–H and O–H groups in total. The summed E-state index contributed by atoms with van der Waals surface area (Å²) < 4.78 is 43.3. The SMILES string of the molecule is N[C@@H]1c2ccccc2CC12CCN(c1ncc(C#CCOc3ccc(C(O)C(F)(F)F)cc3)nc1CO)CC2. The molecule has 1 unspecified atom stereocenters. The summed E-state index contributed by atoms with van der Waals surface area (Å²) in [7, 11) is 0. The van der Waals surface area contributed by atoms with Gasteiger partial charge in [-0.05, 0) is 59.4 Å². The van der Waals surface area contributed by atoms with Gasteiger partial charge in [-0.3, -0.25) is 0 Å². The molecule has 1 aromatic heterocycles. The Labute approximate surface area is 224 Å². The van der Waals surface area contributed by atoms with Crippen LogP contribution >= 0.6 is 0 Å². The Morgan fingerprint density at radius 2 is 1.85 bits per heavy atom. The van der Waals surface area contributed by atoms with E-state index < -0.39 is 12.3 Å². The van der Waals surface area contributed by atoms with Gasteiger partial charge in [0.15, 0.2) is 11.9 Å². The minimum atomic E-state index is -4.73. The van der Waals surface area contributed by atoms with Crippen LogP contribution in [0.2, 0.25) is 0 Å². The maximum atomic E-state index is 12.6. The smallest absolute Gasteiger partial charge is 0.418 e. The highest BCUT2D eigenvalue weighted by Gasteiger charge is 2.46. The van der Waals surface area contributed by atoms with Crippen LogP contribution in [0.4, 0.5) is 19.0 Å². The maximum absolute atomic E-state index is 12.6. The van der Waals surface area contributed by atoms with E-state index in [0.29, 0.717) is 23.0 Å². The highest BCUT2D eigenvalue weighted by molar-refractivity contribution is 5.47. The third-order valence-electron chi connectivity index (χ3n) is 7.66. The van der Waals surface area contributed by atoms with Crippen LogP contribution in [0.1, 0.15) is 53.1 Å². The lowest BCUT2D eigenvalue weighted by atomic mass is 9.73. The normalized spacial score (nSPS) is 18.8. The van der Waals surface area contributed by atoms with Crippen molar-refractivity contribution in [3.8, 4) is 17.6 Å². The van der Waals surface area contributed by atoms with Gasteiger partial charge < -0.3 is 25.6 Å². The van der Waals surface area contributed by atoms with Crippen LogP contribution in [-0.2, 0) is 13.0 Å². The van der Waals surface area contributed by atoms with Crippen molar-refractivity contribution in [2.24, 2.45) is 11.1 Å². The van der Waals surface area contributed by atoms with Gasteiger partial charge in [-0.2, -0.15) is 13.2 Å². The van der Waals surface area contributed by atoms with E-state index in [1.54, 1.807) is 6.20 Å². The van der Waals surface area contributed by atoms with E-state index >= 15 is 0 Å². The summed E-state index contributed by atoms with van der Waals surface area (Å²) in [5, 5.41) is 19.3. The number of hydrogen-bond acceptors (Lipinski definition) is 7. The molecule has 7 nitrogen and oxygen atoms in total. The fraction of sp³-hybridized carbons (Fsp3) is 0.379. The number of aliphatic hydroxyl groups excluding tert-OH is 2. The Balaban J connectivity index is 1.18. The minimum Gasteiger partial charge on any atom is -0.481 e. The van der Waals surface area contributed by atoms with E-state index in [0.717, 1.165) is 44.5 Å². The third kappa shape index (κ3) is 5.57. The minimum absolute atomic E-state index is 0.0172. The Morgan fingerprint density at radius 3 is 2.51 bits per heavy atom. The number of alkyl halides is 3. The molecule has 10 heteroatoms. The highest BCUT2D eigenvalue weighted by Crippen LogP contribution is 2.51. The summed E-state index contributed by atoms with van der Waals surface area (Å²) in [6.45, 7) is 1.22. The molecule has 0 saturated carbocycles. The average molecular weight is 539 g/mol. The molecule has 5 rings (SSSR count). The van der Waals surface area contributed by atoms with E-state index in [1.165, 1.54) is 23.3 Å². The molecule has 3 aromatic rings. The number of halogens is 3. The number of aliphatic hydroxyl groups is 2. The molecular formula is C29H29F3N4O3. The van der Waals surface area contributed by atoms with E-state index in [4.69, 9.17) is 10.5 Å². The summed E-state index contributed by atoms with van der Waals surface area (Å²) >= 11 is 0. The number of rotatable bonds is 5. The predicted molar refractivity (Wildman–Crippen MR) is 139 cm³/mol. The van der Waals surface area contributed by atoms with Gasteiger partial charge in [-0.25, -0.2) is 9.97 Å². The first-order valence-electron chi connectivity index (χ1n) is 12.7. The van der Waals surface area contributed by atoms with Gasteiger partial charge in [-0.1, -0.05) is 42.3 Å². The second-order valence-electron chi connectivity index (χ2n) is 9.99. The molecular weight excluding hydrogens is 509 g/mol. The van der Waals surface area contributed by atoms with Gasteiger partial charge in [0.1, 0.15) is 23.7 Å². The van der Waals surface area contributed by atoms with Crippen molar-refractivity contribution >= 4 is 5.82 Å². The summed E-state index contributed by atoms with van der Waals surface area (Å²) in [5.74, 6) is 6.59. The molecule has 0 amide bonds.